The van der Waals surface area contributed by atoms with E-state index in [0.717, 1.165) is 10.2 Å². The minimum absolute atomic E-state index is 0.0503. The lowest BCUT2D eigenvalue weighted by atomic mass is 10.2. The van der Waals surface area contributed by atoms with Gasteiger partial charge in [-0.05, 0) is 49.4 Å². The van der Waals surface area contributed by atoms with Crippen molar-refractivity contribution in [3.05, 3.63) is 69.4 Å². The van der Waals surface area contributed by atoms with Crippen LogP contribution < -0.4 is 5.32 Å². The number of carbonyl (C=O) groups excluding carboxylic acids is 1. The molecule has 24 heavy (non-hydrogen) atoms. The van der Waals surface area contributed by atoms with E-state index in [1.807, 2.05) is 31.2 Å². The van der Waals surface area contributed by atoms with Crippen LogP contribution in [0.15, 0.2) is 53.1 Å². The SMILES string of the molecule is Cc1c(C(=O)Nc2cc(Cl)ccc2O)cnn1-c1ccc(Br)cc1. The number of aromatic hydroxyl groups is 1. The van der Waals surface area contributed by atoms with E-state index in [9.17, 15) is 9.90 Å². The zero-order valence-electron chi connectivity index (χ0n) is 12.6. The number of nitrogens with one attached hydrogen (secondary N) is 1. The number of aromatic nitrogens is 2. The van der Waals surface area contributed by atoms with Gasteiger partial charge in [0.1, 0.15) is 5.75 Å². The highest BCUT2D eigenvalue weighted by Crippen LogP contribution is 2.27. The van der Waals surface area contributed by atoms with Gasteiger partial charge in [0, 0.05) is 9.50 Å². The first kappa shape index (κ1) is 16.5. The van der Waals surface area contributed by atoms with E-state index >= 15 is 0 Å². The number of phenols is 1. The van der Waals surface area contributed by atoms with Gasteiger partial charge in [0.15, 0.2) is 0 Å². The molecule has 0 spiro atoms. The number of anilines is 1. The molecule has 0 fully saturated rings. The van der Waals surface area contributed by atoms with E-state index in [2.05, 4.69) is 26.3 Å². The van der Waals surface area contributed by atoms with Crippen LogP contribution in [-0.2, 0) is 0 Å². The summed E-state index contributed by atoms with van der Waals surface area (Å²) < 4.78 is 2.64. The quantitative estimate of drug-likeness (QED) is 0.627. The predicted molar refractivity (Wildman–Crippen MR) is 97.1 cm³/mol. The molecular weight excluding hydrogens is 394 g/mol. The van der Waals surface area contributed by atoms with Gasteiger partial charge >= 0.3 is 0 Å². The summed E-state index contributed by atoms with van der Waals surface area (Å²) in [4.78, 5) is 12.5. The fraction of sp³-hybridized carbons (Fsp3) is 0.0588. The van der Waals surface area contributed by atoms with Crippen molar-refractivity contribution in [2.45, 2.75) is 6.92 Å². The molecule has 0 bridgehead atoms. The third-order valence-corrected chi connectivity index (χ3v) is 4.30. The van der Waals surface area contributed by atoms with Crippen LogP contribution in [0, 0.1) is 6.92 Å². The predicted octanol–water partition coefficient (Wildman–Crippen LogP) is 4.55. The lowest BCUT2D eigenvalue weighted by Gasteiger charge is -2.08. The van der Waals surface area contributed by atoms with Gasteiger partial charge in [0.05, 0.1) is 28.8 Å². The lowest BCUT2D eigenvalue weighted by molar-refractivity contribution is 0.102. The number of phenolic OH excluding ortho intramolecular Hbond substituents is 1. The summed E-state index contributed by atoms with van der Waals surface area (Å²) in [5, 5.41) is 17.2. The topological polar surface area (TPSA) is 67.2 Å². The van der Waals surface area contributed by atoms with E-state index in [1.54, 1.807) is 10.7 Å². The number of benzene rings is 2. The molecule has 2 N–H and O–H groups in total. The molecule has 0 aliphatic carbocycles. The second kappa shape index (κ2) is 6.67. The number of halogens is 2. The summed E-state index contributed by atoms with van der Waals surface area (Å²) in [6.07, 6.45) is 1.49. The molecule has 3 rings (SSSR count). The first-order valence-corrected chi connectivity index (χ1v) is 8.23. The maximum atomic E-state index is 12.5. The summed E-state index contributed by atoms with van der Waals surface area (Å²) in [6.45, 7) is 1.81. The van der Waals surface area contributed by atoms with Crippen LogP contribution in [0.4, 0.5) is 5.69 Å². The van der Waals surface area contributed by atoms with Crippen LogP contribution in [0.2, 0.25) is 5.02 Å². The third-order valence-electron chi connectivity index (χ3n) is 3.53. The molecule has 1 amide bonds. The van der Waals surface area contributed by atoms with E-state index in [4.69, 9.17) is 11.6 Å². The van der Waals surface area contributed by atoms with Crippen LogP contribution in [0.1, 0.15) is 16.1 Å². The van der Waals surface area contributed by atoms with E-state index < -0.39 is 0 Å². The van der Waals surface area contributed by atoms with Gasteiger partial charge in [0.2, 0.25) is 0 Å². The molecule has 0 unspecified atom stereocenters. The zero-order chi connectivity index (χ0) is 17.3. The normalized spacial score (nSPS) is 10.6. The molecule has 1 aromatic heterocycles. The van der Waals surface area contributed by atoms with Crippen LogP contribution in [0.5, 0.6) is 5.75 Å². The standard InChI is InChI=1S/C17H13BrClN3O2/c1-10-14(9-20-22(10)13-5-2-11(18)3-6-13)17(24)21-15-8-12(19)4-7-16(15)23/h2-9,23H,1H3,(H,21,24). The minimum Gasteiger partial charge on any atom is -0.506 e. The number of hydrogen-bond donors (Lipinski definition) is 2. The molecule has 0 radical (unpaired) electrons. The summed E-state index contributed by atoms with van der Waals surface area (Å²) in [5.74, 6) is -0.417. The molecule has 5 nitrogen and oxygen atoms in total. The Bertz CT molecular complexity index is 907. The van der Waals surface area contributed by atoms with Crippen molar-refractivity contribution >= 4 is 39.1 Å². The van der Waals surface area contributed by atoms with Crippen molar-refractivity contribution < 1.29 is 9.90 Å². The first-order chi connectivity index (χ1) is 11.5. The minimum atomic E-state index is -0.367. The molecule has 0 atom stereocenters. The fourth-order valence-electron chi connectivity index (χ4n) is 2.27. The number of rotatable bonds is 3. The van der Waals surface area contributed by atoms with Gasteiger partial charge in [-0.2, -0.15) is 5.10 Å². The molecular formula is C17H13BrClN3O2. The van der Waals surface area contributed by atoms with Crippen LogP contribution in [0.3, 0.4) is 0 Å². The Kier molecular flexibility index (Phi) is 4.59. The third kappa shape index (κ3) is 3.29. The highest BCUT2D eigenvalue weighted by molar-refractivity contribution is 9.10. The number of amides is 1. The second-order valence-corrected chi connectivity index (χ2v) is 6.50. The molecule has 0 saturated carbocycles. The zero-order valence-corrected chi connectivity index (χ0v) is 15.0. The van der Waals surface area contributed by atoms with E-state index in [-0.39, 0.29) is 17.3 Å². The summed E-state index contributed by atoms with van der Waals surface area (Å²) in [5.41, 5.74) is 2.21. The molecule has 122 valence electrons. The Balaban J connectivity index is 1.89. The highest BCUT2D eigenvalue weighted by atomic mass is 79.9. The average molecular weight is 407 g/mol. The highest BCUT2D eigenvalue weighted by Gasteiger charge is 2.16. The van der Waals surface area contributed by atoms with Crippen molar-refractivity contribution in [1.82, 2.24) is 9.78 Å². The van der Waals surface area contributed by atoms with E-state index in [1.165, 1.54) is 18.3 Å². The van der Waals surface area contributed by atoms with Crippen LogP contribution >= 0.6 is 27.5 Å². The van der Waals surface area contributed by atoms with Crippen LogP contribution in [-0.4, -0.2) is 20.8 Å². The van der Waals surface area contributed by atoms with Gasteiger partial charge in [-0.3, -0.25) is 4.79 Å². The smallest absolute Gasteiger partial charge is 0.259 e. The van der Waals surface area contributed by atoms with Gasteiger partial charge in [-0.25, -0.2) is 4.68 Å². The Hall–Kier alpha value is -2.31. The molecule has 3 aromatic rings. The summed E-state index contributed by atoms with van der Waals surface area (Å²) in [6, 6.07) is 12.1. The largest absolute Gasteiger partial charge is 0.506 e. The summed E-state index contributed by atoms with van der Waals surface area (Å²) >= 11 is 9.28. The van der Waals surface area contributed by atoms with Crippen molar-refractivity contribution in [2.75, 3.05) is 5.32 Å². The Morgan fingerprint density at radius 1 is 1.25 bits per heavy atom. The number of nitrogens with zero attached hydrogens (tertiary/aromatic N) is 2. The first-order valence-electron chi connectivity index (χ1n) is 7.06. The van der Waals surface area contributed by atoms with E-state index in [0.29, 0.717) is 16.3 Å². The Morgan fingerprint density at radius 3 is 2.67 bits per heavy atom. The van der Waals surface area contributed by atoms with Gasteiger partial charge < -0.3 is 10.4 Å². The molecule has 1 heterocycles. The van der Waals surface area contributed by atoms with Crippen LogP contribution in [0.25, 0.3) is 5.69 Å². The lowest BCUT2D eigenvalue weighted by Crippen LogP contribution is -2.13. The number of hydrogen-bond acceptors (Lipinski definition) is 3. The maximum Gasteiger partial charge on any atom is 0.259 e. The molecule has 7 heteroatoms. The molecule has 2 aromatic carbocycles. The van der Waals surface area contributed by atoms with Gasteiger partial charge in [0.25, 0.3) is 5.91 Å². The second-order valence-electron chi connectivity index (χ2n) is 5.15. The molecule has 0 saturated heterocycles. The summed E-state index contributed by atoms with van der Waals surface area (Å²) in [7, 11) is 0. The fourth-order valence-corrected chi connectivity index (χ4v) is 2.71. The molecule has 0 aliphatic heterocycles. The maximum absolute atomic E-state index is 12.5. The monoisotopic (exact) mass is 405 g/mol. The Labute approximate surface area is 152 Å². The van der Waals surface area contributed by atoms with Crippen molar-refractivity contribution in [1.29, 1.82) is 0 Å². The van der Waals surface area contributed by atoms with Crippen molar-refractivity contribution in [2.24, 2.45) is 0 Å². The van der Waals surface area contributed by atoms with Gasteiger partial charge in [-0.15, -0.1) is 0 Å². The number of carbonyl (C=O) groups is 1. The Morgan fingerprint density at radius 2 is 1.96 bits per heavy atom. The van der Waals surface area contributed by atoms with Crippen molar-refractivity contribution in [3.63, 3.8) is 0 Å². The molecule has 0 aliphatic rings. The average Bonchev–Trinajstić information content (AvgIpc) is 2.93. The van der Waals surface area contributed by atoms with Crippen molar-refractivity contribution in [3.8, 4) is 11.4 Å². The van der Waals surface area contributed by atoms with Gasteiger partial charge in [-0.1, -0.05) is 27.5 Å².